The van der Waals surface area contributed by atoms with Crippen LogP contribution in [0.5, 0.6) is 0 Å². The molecule has 1 aliphatic rings. The van der Waals surface area contributed by atoms with Crippen LogP contribution in [0.4, 0.5) is 5.69 Å². The molecule has 0 aromatic heterocycles. The first-order valence-electron chi connectivity index (χ1n) is 6.38. The van der Waals surface area contributed by atoms with Gasteiger partial charge < -0.3 is 10.2 Å². The van der Waals surface area contributed by atoms with E-state index in [1.807, 2.05) is 13.1 Å². The van der Waals surface area contributed by atoms with E-state index in [0.29, 0.717) is 0 Å². The number of hydrogen-bond donors (Lipinski definition) is 1. The summed E-state index contributed by atoms with van der Waals surface area (Å²) in [5.74, 6) is 0.859. The van der Waals surface area contributed by atoms with Crippen molar-refractivity contribution in [3.63, 3.8) is 0 Å². The third-order valence-corrected chi connectivity index (χ3v) is 3.77. The molecule has 0 saturated carbocycles. The number of hydrogen-bond acceptors (Lipinski definition) is 2. The van der Waals surface area contributed by atoms with Gasteiger partial charge in [-0.25, -0.2) is 0 Å². The van der Waals surface area contributed by atoms with Crippen LogP contribution in [0.25, 0.3) is 0 Å². The summed E-state index contributed by atoms with van der Waals surface area (Å²) in [7, 11) is 1.98. The summed E-state index contributed by atoms with van der Waals surface area (Å²) in [6.45, 7) is 5.54. The summed E-state index contributed by atoms with van der Waals surface area (Å²) in [6.07, 6.45) is 2.57. The van der Waals surface area contributed by atoms with Crippen molar-refractivity contribution in [3.05, 3.63) is 28.8 Å². The van der Waals surface area contributed by atoms with E-state index in [9.17, 15) is 0 Å². The fourth-order valence-corrected chi connectivity index (χ4v) is 2.59. The highest BCUT2D eigenvalue weighted by Crippen LogP contribution is 2.28. The van der Waals surface area contributed by atoms with Gasteiger partial charge in [-0.3, -0.25) is 0 Å². The Bertz CT molecular complexity index is 370. The van der Waals surface area contributed by atoms with E-state index >= 15 is 0 Å². The Labute approximate surface area is 109 Å². The Morgan fingerprint density at radius 2 is 2.06 bits per heavy atom. The molecule has 0 atom stereocenters. The molecule has 1 aliphatic heterocycles. The van der Waals surface area contributed by atoms with Crippen molar-refractivity contribution in [1.29, 1.82) is 0 Å². The lowest BCUT2D eigenvalue weighted by Gasteiger charge is -2.33. The molecule has 17 heavy (non-hydrogen) atoms. The van der Waals surface area contributed by atoms with E-state index in [1.54, 1.807) is 0 Å². The van der Waals surface area contributed by atoms with Gasteiger partial charge in [0.15, 0.2) is 0 Å². The maximum atomic E-state index is 6.12. The molecule has 1 N–H and O–H groups in total. The first kappa shape index (κ1) is 12.7. The van der Waals surface area contributed by atoms with Crippen LogP contribution in [0.1, 0.15) is 25.3 Å². The molecule has 1 aromatic rings. The number of piperidine rings is 1. The number of halogens is 1. The standard InChI is InChI=1S/C14H21ClN2/c1-11-5-7-17(8-6-11)14-9-13(15)4-3-12(14)10-16-2/h3-4,9,11,16H,5-8,10H2,1-2H3. The van der Waals surface area contributed by atoms with Crippen molar-refractivity contribution in [2.75, 3.05) is 25.0 Å². The molecule has 2 rings (SSSR count). The highest BCUT2D eigenvalue weighted by atomic mass is 35.5. The van der Waals surface area contributed by atoms with Crippen LogP contribution in [-0.4, -0.2) is 20.1 Å². The Morgan fingerprint density at radius 3 is 2.71 bits per heavy atom. The zero-order chi connectivity index (χ0) is 12.3. The molecule has 1 heterocycles. The molecule has 1 saturated heterocycles. The molecule has 0 radical (unpaired) electrons. The molecular formula is C14H21ClN2. The Hall–Kier alpha value is -0.730. The Kier molecular flexibility index (Phi) is 4.30. The third kappa shape index (κ3) is 3.14. The second kappa shape index (κ2) is 5.74. The van der Waals surface area contributed by atoms with E-state index in [4.69, 9.17) is 11.6 Å². The molecule has 0 aliphatic carbocycles. The average molecular weight is 253 g/mol. The van der Waals surface area contributed by atoms with Crippen molar-refractivity contribution in [2.24, 2.45) is 5.92 Å². The maximum absolute atomic E-state index is 6.12. The van der Waals surface area contributed by atoms with Crippen LogP contribution in [0, 0.1) is 5.92 Å². The minimum absolute atomic E-state index is 0.832. The van der Waals surface area contributed by atoms with Gasteiger partial charge in [0.1, 0.15) is 0 Å². The summed E-state index contributed by atoms with van der Waals surface area (Å²) in [5, 5.41) is 4.05. The lowest BCUT2D eigenvalue weighted by atomic mass is 9.98. The third-order valence-electron chi connectivity index (χ3n) is 3.54. The van der Waals surface area contributed by atoms with E-state index < -0.39 is 0 Å². The van der Waals surface area contributed by atoms with Gasteiger partial charge in [0.25, 0.3) is 0 Å². The monoisotopic (exact) mass is 252 g/mol. The predicted molar refractivity (Wildman–Crippen MR) is 74.8 cm³/mol. The lowest BCUT2D eigenvalue weighted by Crippen LogP contribution is -2.33. The highest BCUT2D eigenvalue weighted by molar-refractivity contribution is 6.30. The van der Waals surface area contributed by atoms with Crippen LogP contribution < -0.4 is 10.2 Å². The van der Waals surface area contributed by atoms with E-state index in [2.05, 4.69) is 29.3 Å². The van der Waals surface area contributed by atoms with Gasteiger partial charge in [-0.05, 0) is 43.5 Å². The molecule has 0 amide bonds. The average Bonchev–Trinajstić information content (AvgIpc) is 2.33. The first-order valence-corrected chi connectivity index (χ1v) is 6.76. The molecular weight excluding hydrogens is 232 g/mol. The largest absolute Gasteiger partial charge is 0.371 e. The van der Waals surface area contributed by atoms with E-state index in [1.165, 1.54) is 24.1 Å². The van der Waals surface area contributed by atoms with Gasteiger partial charge in [0.05, 0.1) is 0 Å². The highest BCUT2D eigenvalue weighted by Gasteiger charge is 2.18. The summed E-state index contributed by atoms with van der Waals surface area (Å²) in [6, 6.07) is 6.21. The summed E-state index contributed by atoms with van der Waals surface area (Å²) in [5.41, 5.74) is 2.64. The van der Waals surface area contributed by atoms with Crippen molar-refractivity contribution < 1.29 is 0 Å². The topological polar surface area (TPSA) is 15.3 Å². The number of rotatable bonds is 3. The van der Waals surface area contributed by atoms with Crippen LogP contribution in [0.15, 0.2) is 18.2 Å². The van der Waals surface area contributed by atoms with Crippen LogP contribution >= 0.6 is 11.6 Å². The molecule has 3 heteroatoms. The quantitative estimate of drug-likeness (QED) is 0.888. The molecule has 1 fully saturated rings. The predicted octanol–water partition coefficient (Wildman–Crippen LogP) is 3.30. The molecule has 94 valence electrons. The van der Waals surface area contributed by atoms with Gasteiger partial charge >= 0.3 is 0 Å². The molecule has 1 aromatic carbocycles. The number of anilines is 1. The number of nitrogens with one attached hydrogen (secondary N) is 1. The van der Waals surface area contributed by atoms with Gasteiger partial charge in [0, 0.05) is 30.3 Å². The van der Waals surface area contributed by atoms with Crippen LogP contribution in [0.2, 0.25) is 5.02 Å². The van der Waals surface area contributed by atoms with E-state index in [0.717, 1.165) is 30.6 Å². The fraction of sp³-hybridized carbons (Fsp3) is 0.571. The smallest absolute Gasteiger partial charge is 0.0426 e. The van der Waals surface area contributed by atoms with Gasteiger partial charge in [0.2, 0.25) is 0 Å². The number of benzene rings is 1. The van der Waals surface area contributed by atoms with Crippen molar-refractivity contribution in [1.82, 2.24) is 5.32 Å². The fourth-order valence-electron chi connectivity index (χ4n) is 2.42. The Morgan fingerprint density at radius 1 is 1.35 bits per heavy atom. The minimum Gasteiger partial charge on any atom is -0.371 e. The van der Waals surface area contributed by atoms with Crippen molar-refractivity contribution >= 4 is 17.3 Å². The van der Waals surface area contributed by atoms with Crippen LogP contribution in [0.3, 0.4) is 0 Å². The summed E-state index contributed by atoms with van der Waals surface area (Å²) < 4.78 is 0. The van der Waals surface area contributed by atoms with Crippen molar-refractivity contribution in [2.45, 2.75) is 26.3 Å². The van der Waals surface area contributed by atoms with Gasteiger partial charge in [-0.1, -0.05) is 24.6 Å². The van der Waals surface area contributed by atoms with Crippen molar-refractivity contribution in [3.8, 4) is 0 Å². The summed E-state index contributed by atoms with van der Waals surface area (Å²) in [4.78, 5) is 2.47. The molecule has 0 unspecified atom stereocenters. The van der Waals surface area contributed by atoms with E-state index in [-0.39, 0.29) is 0 Å². The van der Waals surface area contributed by atoms with Gasteiger partial charge in [-0.2, -0.15) is 0 Å². The number of nitrogens with zero attached hydrogens (tertiary/aromatic N) is 1. The zero-order valence-electron chi connectivity index (χ0n) is 10.7. The maximum Gasteiger partial charge on any atom is 0.0426 e. The first-order chi connectivity index (χ1) is 8.20. The SMILES string of the molecule is CNCc1ccc(Cl)cc1N1CCC(C)CC1. The van der Waals surface area contributed by atoms with Crippen LogP contribution in [-0.2, 0) is 6.54 Å². The minimum atomic E-state index is 0.832. The normalized spacial score (nSPS) is 17.5. The second-order valence-corrected chi connectivity index (χ2v) is 5.41. The van der Waals surface area contributed by atoms with Gasteiger partial charge in [-0.15, -0.1) is 0 Å². The lowest BCUT2D eigenvalue weighted by molar-refractivity contribution is 0.438. The summed E-state index contributed by atoms with van der Waals surface area (Å²) >= 11 is 6.12. The molecule has 2 nitrogen and oxygen atoms in total. The molecule has 0 bridgehead atoms. The Balaban J connectivity index is 2.20. The second-order valence-electron chi connectivity index (χ2n) is 4.97. The zero-order valence-corrected chi connectivity index (χ0v) is 11.4. The molecule has 0 spiro atoms.